The zero-order valence-corrected chi connectivity index (χ0v) is 14.0. The number of likely N-dealkylation sites (N-methyl/N-ethyl adjacent to an activating group) is 1. The van der Waals surface area contributed by atoms with E-state index in [1.54, 1.807) is 13.0 Å². The number of carboxylic acid groups (broad SMARTS) is 1. The SMILES string of the molecule is CCN1CCC12CCN(C(=O)c1cc(C)on1)C2.O=C(O)C(F)(F)F. The van der Waals surface area contributed by atoms with E-state index in [1.165, 1.54) is 13.0 Å². The minimum atomic E-state index is -5.08. The summed E-state index contributed by atoms with van der Waals surface area (Å²) in [5.41, 5.74) is 0.690. The molecule has 1 N–H and O–H groups in total. The number of aliphatic carboxylic acids is 1. The van der Waals surface area contributed by atoms with Crippen LogP contribution in [0.5, 0.6) is 0 Å². The highest BCUT2D eigenvalue weighted by Gasteiger charge is 2.49. The predicted octanol–water partition coefficient (Wildman–Crippen LogP) is 1.93. The van der Waals surface area contributed by atoms with Crippen LogP contribution in [-0.2, 0) is 4.79 Å². The first kappa shape index (κ1) is 19.2. The van der Waals surface area contributed by atoms with Crippen LogP contribution < -0.4 is 0 Å². The molecule has 3 heterocycles. The third-order valence-electron chi connectivity index (χ3n) is 4.61. The van der Waals surface area contributed by atoms with Crippen molar-refractivity contribution in [1.29, 1.82) is 0 Å². The third kappa shape index (κ3) is 4.12. The molecule has 2 saturated heterocycles. The Hall–Kier alpha value is -2.10. The van der Waals surface area contributed by atoms with E-state index in [0.29, 0.717) is 11.5 Å². The van der Waals surface area contributed by atoms with Gasteiger partial charge in [-0.2, -0.15) is 13.2 Å². The highest BCUT2D eigenvalue weighted by molar-refractivity contribution is 5.92. The molecule has 3 rings (SSSR count). The number of hydrogen-bond acceptors (Lipinski definition) is 5. The standard InChI is InChI=1S/C13H19N3O2.C2HF3O2/c1-3-16-7-5-13(16)4-6-15(9-13)12(17)11-8-10(2)18-14-11;3-2(4,5)1(6)7/h8H,3-7,9H2,1-2H3;(H,6,7). The number of carbonyl (C=O) groups excluding carboxylic acids is 1. The van der Waals surface area contributed by atoms with Crippen LogP contribution in [0.3, 0.4) is 0 Å². The minimum Gasteiger partial charge on any atom is -0.475 e. The summed E-state index contributed by atoms with van der Waals surface area (Å²) in [7, 11) is 0. The van der Waals surface area contributed by atoms with Crippen LogP contribution in [0.15, 0.2) is 10.6 Å². The summed E-state index contributed by atoms with van der Waals surface area (Å²) in [6, 6.07) is 1.71. The Bertz CT molecular complexity index is 644. The zero-order valence-electron chi connectivity index (χ0n) is 14.0. The number of halogens is 3. The molecule has 25 heavy (non-hydrogen) atoms. The molecular formula is C15H20F3N3O4. The van der Waals surface area contributed by atoms with Crippen molar-refractivity contribution in [1.82, 2.24) is 15.0 Å². The van der Waals surface area contributed by atoms with Gasteiger partial charge in [0.15, 0.2) is 5.69 Å². The number of aryl methyl sites for hydroxylation is 1. The Morgan fingerprint density at radius 1 is 1.36 bits per heavy atom. The van der Waals surface area contributed by atoms with Crippen molar-refractivity contribution in [3.05, 3.63) is 17.5 Å². The molecule has 2 aliphatic rings. The van der Waals surface area contributed by atoms with Crippen molar-refractivity contribution >= 4 is 11.9 Å². The Labute approximate surface area is 142 Å². The molecular weight excluding hydrogens is 343 g/mol. The van der Waals surface area contributed by atoms with Crippen LogP contribution in [-0.4, -0.2) is 69.8 Å². The van der Waals surface area contributed by atoms with Crippen molar-refractivity contribution in [2.45, 2.75) is 38.4 Å². The number of carboxylic acids is 1. The van der Waals surface area contributed by atoms with Gasteiger partial charge in [0, 0.05) is 31.2 Å². The lowest BCUT2D eigenvalue weighted by Gasteiger charge is -2.50. The molecule has 0 aromatic carbocycles. The molecule has 1 amide bonds. The van der Waals surface area contributed by atoms with Crippen molar-refractivity contribution in [2.75, 3.05) is 26.2 Å². The van der Waals surface area contributed by atoms with Crippen molar-refractivity contribution in [3.8, 4) is 0 Å². The molecule has 1 atom stereocenters. The summed E-state index contributed by atoms with van der Waals surface area (Å²) in [6.07, 6.45) is -2.79. The number of aromatic nitrogens is 1. The van der Waals surface area contributed by atoms with E-state index < -0.39 is 12.1 Å². The average molecular weight is 363 g/mol. The summed E-state index contributed by atoms with van der Waals surface area (Å²) in [5, 5.41) is 10.9. The Morgan fingerprint density at radius 3 is 2.36 bits per heavy atom. The van der Waals surface area contributed by atoms with Gasteiger partial charge in [-0.3, -0.25) is 9.69 Å². The molecule has 1 spiro atoms. The number of likely N-dealkylation sites (tertiary alicyclic amines) is 2. The maximum absolute atomic E-state index is 12.3. The smallest absolute Gasteiger partial charge is 0.475 e. The van der Waals surface area contributed by atoms with Crippen LogP contribution in [0, 0.1) is 6.92 Å². The van der Waals surface area contributed by atoms with E-state index in [4.69, 9.17) is 14.4 Å². The van der Waals surface area contributed by atoms with Crippen LogP contribution in [0.4, 0.5) is 13.2 Å². The molecule has 140 valence electrons. The molecule has 1 aromatic heterocycles. The van der Waals surface area contributed by atoms with Crippen molar-refractivity contribution in [3.63, 3.8) is 0 Å². The number of nitrogens with zero attached hydrogens (tertiary/aromatic N) is 3. The van der Waals surface area contributed by atoms with Gasteiger partial charge in [0.1, 0.15) is 5.76 Å². The first-order valence-electron chi connectivity index (χ1n) is 7.87. The molecule has 1 unspecified atom stereocenters. The van der Waals surface area contributed by atoms with E-state index in [9.17, 15) is 18.0 Å². The molecule has 10 heteroatoms. The van der Waals surface area contributed by atoms with Crippen LogP contribution in [0.2, 0.25) is 0 Å². The molecule has 2 fully saturated rings. The number of alkyl halides is 3. The van der Waals surface area contributed by atoms with E-state index in [0.717, 1.165) is 26.1 Å². The van der Waals surface area contributed by atoms with E-state index >= 15 is 0 Å². The van der Waals surface area contributed by atoms with Gasteiger partial charge >= 0.3 is 12.1 Å². The van der Waals surface area contributed by atoms with Crippen molar-refractivity contribution in [2.24, 2.45) is 0 Å². The minimum absolute atomic E-state index is 0.00618. The number of hydrogen-bond donors (Lipinski definition) is 1. The topological polar surface area (TPSA) is 86.9 Å². The summed E-state index contributed by atoms with van der Waals surface area (Å²) < 4.78 is 36.7. The molecule has 1 aromatic rings. The monoisotopic (exact) mass is 363 g/mol. The molecule has 0 radical (unpaired) electrons. The Morgan fingerprint density at radius 2 is 1.96 bits per heavy atom. The highest BCUT2D eigenvalue weighted by atomic mass is 19.4. The highest BCUT2D eigenvalue weighted by Crippen LogP contribution is 2.39. The molecule has 0 saturated carbocycles. The summed E-state index contributed by atoms with van der Waals surface area (Å²) in [6.45, 7) is 7.91. The lowest BCUT2D eigenvalue weighted by molar-refractivity contribution is -0.192. The van der Waals surface area contributed by atoms with Gasteiger partial charge in [0.05, 0.1) is 0 Å². The van der Waals surface area contributed by atoms with Crippen LogP contribution in [0.25, 0.3) is 0 Å². The predicted molar refractivity (Wildman–Crippen MR) is 80.0 cm³/mol. The number of carbonyl (C=O) groups is 2. The van der Waals surface area contributed by atoms with E-state index in [-0.39, 0.29) is 11.4 Å². The number of rotatable bonds is 2. The van der Waals surface area contributed by atoms with Gasteiger partial charge in [0.25, 0.3) is 5.91 Å². The second-order valence-corrected chi connectivity index (χ2v) is 6.16. The van der Waals surface area contributed by atoms with Gasteiger partial charge in [-0.05, 0) is 26.3 Å². The number of amides is 1. The van der Waals surface area contributed by atoms with Gasteiger partial charge in [-0.25, -0.2) is 4.79 Å². The fourth-order valence-corrected chi connectivity index (χ4v) is 3.20. The van der Waals surface area contributed by atoms with Gasteiger partial charge < -0.3 is 14.5 Å². The third-order valence-corrected chi connectivity index (χ3v) is 4.61. The lowest BCUT2D eigenvalue weighted by atomic mass is 9.84. The zero-order chi connectivity index (χ0) is 18.8. The Balaban J connectivity index is 0.000000277. The largest absolute Gasteiger partial charge is 0.490 e. The van der Waals surface area contributed by atoms with Crippen molar-refractivity contribution < 1.29 is 32.4 Å². The second kappa shape index (κ2) is 7.03. The first-order valence-corrected chi connectivity index (χ1v) is 7.87. The fourth-order valence-electron chi connectivity index (χ4n) is 3.20. The van der Waals surface area contributed by atoms with Gasteiger partial charge in [-0.15, -0.1) is 0 Å². The maximum atomic E-state index is 12.3. The molecule has 7 nitrogen and oxygen atoms in total. The fraction of sp³-hybridized carbons (Fsp3) is 0.667. The molecule has 0 bridgehead atoms. The van der Waals surface area contributed by atoms with Gasteiger partial charge in [0.2, 0.25) is 0 Å². The first-order chi connectivity index (χ1) is 11.6. The van der Waals surface area contributed by atoms with E-state index in [2.05, 4.69) is 17.0 Å². The van der Waals surface area contributed by atoms with E-state index in [1.807, 2.05) is 4.90 Å². The maximum Gasteiger partial charge on any atom is 0.490 e. The van der Waals surface area contributed by atoms with Gasteiger partial charge in [-0.1, -0.05) is 12.1 Å². The van der Waals surface area contributed by atoms with Crippen LogP contribution in [0.1, 0.15) is 36.0 Å². The normalized spacial score (nSPS) is 23.2. The summed E-state index contributed by atoms with van der Waals surface area (Å²) in [5.74, 6) is -2.06. The summed E-state index contributed by atoms with van der Waals surface area (Å²) >= 11 is 0. The average Bonchev–Trinajstić information content (AvgIpc) is 3.13. The molecule has 2 aliphatic heterocycles. The second-order valence-electron chi connectivity index (χ2n) is 6.16. The Kier molecular flexibility index (Phi) is 5.40. The molecule has 0 aliphatic carbocycles. The van der Waals surface area contributed by atoms with Crippen LogP contribution >= 0.6 is 0 Å². The quantitative estimate of drug-likeness (QED) is 0.864. The lowest BCUT2D eigenvalue weighted by Crippen LogP contribution is -2.61. The summed E-state index contributed by atoms with van der Waals surface area (Å²) in [4.78, 5) is 25.6.